The van der Waals surface area contributed by atoms with Crippen molar-refractivity contribution >= 4 is 39.0 Å². The lowest BCUT2D eigenvalue weighted by Gasteiger charge is -2.21. The van der Waals surface area contributed by atoms with Crippen LogP contribution in [0.1, 0.15) is 23.7 Å². The van der Waals surface area contributed by atoms with Gasteiger partial charge in [-0.15, -0.1) is 0 Å². The zero-order valence-electron chi connectivity index (χ0n) is 9.95. The molecule has 0 heterocycles. The molecule has 0 saturated carbocycles. The van der Waals surface area contributed by atoms with E-state index in [1.165, 1.54) is 18.2 Å². The van der Waals surface area contributed by atoms with Crippen LogP contribution in [-0.4, -0.2) is 28.9 Å². The second kappa shape index (κ2) is 6.80. The monoisotopic (exact) mass is 332 g/mol. The molecule has 3 nitrogen and oxygen atoms in total. The largest absolute Gasteiger partial charge is 0.392 e. The van der Waals surface area contributed by atoms with Gasteiger partial charge in [0.05, 0.1) is 16.0 Å². The Kier molecular flexibility index (Phi) is 5.68. The number of benzene rings is 1. The summed E-state index contributed by atoms with van der Waals surface area (Å²) < 4.78 is 13.4. The molecule has 0 aromatic heterocycles. The Morgan fingerprint density at radius 2 is 2.22 bits per heavy atom. The maximum Gasteiger partial charge on any atom is 0.254 e. The van der Waals surface area contributed by atoms with Crippen LogP contribution < -0.4 is 5.73 Å². The van der Waals surface area contributed by atoms with Crippen LogP contribution in [0.3, 0.4) is 0 Å². The topological polar surface area (TPSA) is 46.3 Å². The summed E-state index contributed by atoms with van der Waals surface area (Å²) in [6.07, 6.45) is 0.802. The number of carbonyl (C=O) groups excluding carboxylic acids is 1. The van der Waals surface area contributed by atoms with Crippen LogP contribution in [-0.2, 0) is 0 Å². The fraction of sp³-hybridized carbons (Fsp3) is 0.333. The Bertz CT molecular complexity index is 467. The molecule has 1 aromatic carbocycles. The van der Waals surface area contributed by atoms with Crippen molar-refractivity contribution in [3.8, 4) is 0 Å². The van der Waals surface area contributed by atoms with E-state index in [1.54, 1.807) is 4.90 Å². The molecule has 1 aromatic rings. The molecule has 0 radical (unpaired) electrons. The molecule has 6 heteroatoms. The highest BCUT2D eigenvalue weighted by atomic mass is 79.9. The van der Waals surface area contributed by atoms with E-state index in [4.69, 9.17) is 18.0 Å². The number of halogens is 2. The van der Waals surface area contributed by atoms with Crippen LogP contribution in [0, 0.1) is 5.82 Å². The highest BCUT2D eigenvalue weighted by Gasteiger charge is 2.16. The Balaban J connectivity index is 2.93. The summed E-state index contributed by atoms with van der Waals surface area (Å²) in [7, 11) is 0. The zero-order valence-corrected chi connectivity index (χ0v) is 12.4. The molecule has 0 unspecified atom stereocenters. The Labute approximate surface area is 119 Å². The number of rotatable bonds is 5. The summed E-state index contributed by atoms with van der Waals surface area (Å²) in [4.78, 5) is 14.0. The summed E-state index contributed by atoms with van der Waals surface area (Å²) in [6.45, 7) is 2.75. The van der Waals surface area contributed by atoms with Crippen LogP contribution in [0.5, 0.6) is 0 Å². The van der Waals surface area contributed by atoms with Gasteiger partial charge in [-0.25, -0.2) is 4.39 Å². The molecule has 0 saturated heterocycles. The van der Waals surface area contributed by atoms with Crippen molar-refractivity contribution in [3.63, 3.8) is 0 Å². The van der Waals surface area contributed by atoms with Crippen molar-refractivity contribution < 1.29 is 9.18 Å². The number of hydrogen-bond donors (Lipinski definition) is 1. The maximum atomic E-state index is 13.1. The molecule has 0 spiro atoms. The minimum Gasteiger partial charge on any atom is -0.392 e. The quantitative estimate of drug-likeness (QED) is 0.843. The van der Waals surface area contributed by atoms with Crippen molar-refractivity contribution in [1.29, 1.82) is 0 Å². The van der Waals surface area contributed by atoms with Crippen molar-refractivity contribution in [2.24, 2.45) is 5.73 Å². The molecule has 0 bridgehead atoms. The number of nitrogens with two attached hydrogens (primary N) is 1. The van der Waals surface area contributed by atoms with Gasteiger partial charge in [0.25, 0.3) is 5.91 Å². The molecule has 98 valence electrons. The number of amides is 1. The van der Waals surface area contributed by atoms with Gasteiger partial charge < -0.3 is 10.6 Å². The predicted molar refractivity (Wildman–Crippen MR) is 77.1 cm³/mol. The van der Waals surface area contributed by atoms with Gasteiger partial charge in [0.2, 0.25) is 0 Å². The lowest BCUT2D eigenvalue weighted by molar-refractivity contribution is 0.0780. The number of hydrogen-bond acceptors (Lipinski definition) is 2. The lowest BCUT2D eigenvalue weighted by Crippen LogP contribution is -2.38. The molecule has 18 heavy (non-hydrogen) atoms. The average Bonchev–Trinajstić information content (AvgIpc) is 2.31. The Morgan fingerprint density at radius 3 is 2.72 bits per heavy atom. The molecule has 0 aliphatic carbocycles. The van der Waals surface area contributed by atoms with E-state index in [2.05, 4.69) is 15.9 Å². The van der Waals surface area contributed by atoms with E-state index >= 15 is 0 Å². The average molecular weight is 333 g/mol. The summed E-state index contributed by atoms with van der Waals surface area (Å²) in [5, 5.41) is 0. The maximum absolute atomic E-state index is 13.1. The third-order valence-electron chi connectivity index (χ3n) is 2.29. The van der Waals surface area contributed by atoms with Gasteiger partial charge in [-0.1, -0.05) is 19.1 Å². The van der Waals surface area contributed by atoms with Gasteiger partial charge in [0.1, 0.15) is 5.82 Å². The van der Waals surface area contributed by atoms with Gasteiger partial charge in [0, 0.05) is 12.1 Å². The highest BCUT2D eigenvalue weighted by molar-refractivity contribution is 9.10. The molecular weight excluding hydrogens is 319 g/mol. The molecule has 0 atom stereocenters. The SMILES string of the molecule is CCCN(CC(N)=S)C(=O)c1ccc(F)c(Br)c1. The van der Waals surface area contributed by atoms with Gasteiger partial charge in [-0.3, -0.25) is 4.79 Å². The van der Waals surface area contributed by atoms with Crippen LogP contribution in [0.2, 0.25) is 0 Å². The third kappa shape index (κ3) is 4.03. The van der Waals surface area contributed by atoms with Crippen LogP contribution in [0.4, 0.5) is 4.39 Å². The Hall–Kier alpha value is -1.01. The fourth-order valence-corrected chi connectivity index (χ4v) is 2.06. The summed E-state index contributed by atoms with van der Waals surface area (Å²) in [6, 6.07) is 4.16. The molecule has 0 fully saturated rings. The van der Waals surface area contributed by atoms with Gasteiger partial charge in [-0.05, 0) is 40.5 Å². The molecule has 0 aliphatic heterocycles. The van der Waals surface area contributed by atoms with Crippen molar-refractivity contribution in [3.05, 3.63) is 34.1 Å². The van der Waals surface area contributed by atoms with E-state index < -0.39 is 5.82 Å². The lowest BCUT2D eigenvalue weighted by atomic mass is 10.2. The van der Waals surface area contributed by atoms with Crippen molar-refractivity contribution in [1.82, 2.24) is 4.90 Å². The minimum absolute atomic E-state index is 0.203. The fourth-order valence-electron chi connectivity index (χ4n) is 1.52. The van der Waals surface area contributed by atoms with Crippen molar-refractivity contribution in [2.45, 2.75) is 13.3 Å². The summed E-state index contributed by atoms with van der Waals surface area (Å²) in [5.41, 5.74) is 5.87. The molecule has 1 amide bonds. The highest BCUT2D eigenvalue weighted by Crippen LogP contribution is 2.18. The Morgan fingerprint density at radius 1 is 1.56 bits per heavy atom. The zero-order chi connectivity index (χ0) is 13.7. The predicted octanol–water partition coefficient (Wildman–Crippen LogP) is 2.73. The molecule has 2 N–H and O–H groups in total. The molecule has 0 aliphatic rings. The van der Waals surface area contributed by atoms with Crippen LogP contribution >= 0.6 is 28.1 Å². The van der Waals surface area contributed by atoms with Crippen LogP contribution in [0.25, 0.3) is 0 Å². The first-order valence-electron chi connectivity index (χ1n) is 5.48. The first kappa shape index (κ1) is 15.0. The van der Waals surface area contributed by atoms with Crippen LogP contribution in [0.15, 0.2) is 22.7 Å². The van der Waals surface area contributed by atoms with E-state index in [9.17, 15) is 9.18 Å². The molecular formula is C12H14BrFN2OS. The second-order valence-electron chi connectivity index (χ2n) is 3.82. The van der Waals surface area contributed by atoms with E-state index in [0.29, 0.717) is 12.1 Å². The van der Waals surface area contributed by atoms with Gasteiger partial charge >= 0.3 is 0 Å². The normalized spacial score (nSPS) is 10.2. The number of thiocarbonyl (C=S) groups is 1. The van der Waals surface area contributed by atoms with E-state index in [0.717, 1.165) is 6.42 Å². The van der Waals surface area contributed by atoms with E-state index in [-0.39, 0.29) is 21.9 Å². The second-order valence-corrected chi connectivity index (χ2v) is 5.20. The third-order valence-corrected chi connectivity index (χ3v) is 3.03. The first-order valence-corrected chi connectivity index (χ1v) is 6.68. The van der Waals surface area contributed by atoms with Gasteiger partial charge in [0.15, 0.2) is 0 Å². The summed E-state index contributed by atoms with van der Waals surface area (Å²) in [5.74, 6) is -0.603. The number of carbonyl (C=O) groups is 1. The van der Waals surface area contributed by atoms with E-state index in [1.807, 2.05) is 6.92 Å². The number of nitrogens with zero attached hydrogens (tertiary/aromatic N) is 1. The van der Waals surface area contributed by atoms with Gasteiger partial charge in [-0.2, -0.15) is 0 Å². The van der Waals surface area contributed by atoms with Crippen molar-refractivity contribution in [2.75, 3.05) is 13.1 Å². The smallest absolute Gasteiger partial charge is 0.254 e. The first-order chi connectivity index (χ1) is 8.45. The minimum atomic E-state index is -0.400. The standard InChI is InChI=1S/C12H14BrFN2OS/c1-2-5-16(7-11(15)18)12(17)8-3-4-10(14)9(13)6-8/h3-4,6H,2,5,7H2,1H3,(H2,15,18). The summed E-state index contributed by atoms with van der Waals surface area (Å²) >= 11 is 7.87. The molecule has 1 rings (SSSR count).